The molecule has 0 atom stereocenters. The Bertz CT molecular complexity index is 592. The summed E-state index contributed by atoms with van der Waals surface area (Å²) in [6, 6.07) is 7.53. The zero-order valence-electron chi connectivity index (χ0n) is 10.9. The average molecular weight is 260 g/mol. The van der Waals surface area contributed by atoms with Crippen LogP contribution in [-0.4, -0.2) is 22.3 Å². The number of hydrazine groups is 1. The fourth-order valence-electron chi connectivity index (χ4n) is 1.86. The van der Waals surface area contributed by atoms with Crippen molar-refractivity contribution in [2.45, 2.75) is 13.8 Å². The maximum Gasteiger partial charge on any atom is 0.268 e. The monoisotopic (exact) mass is 260 g/mol. The highest BCUT2D eigenvalue weighted by Gasteiger charge is 2.16. The number of carbonyl (C=O) groups is 1. The van der Waals surface area contributed by atoms with E-state index in [1.165, 1.54) is 6.20 Å². The summed E-state index contributed by atoms with van der Waals surface area (Å²) in [5, 5.41) is 4.22. The molecule has 0 unspecified atom stereocenters. The van der Waals surface area contributed by atoms with Crippen LogP contribution in [0.15, 0.2) is 30.5 Å². The van der Waals surface area contributed by atoms with Crippen LogP contribution in [0.4, 0.5) is 0 Å². The topological polar surface area (TPSA) is 82.2 Å². The fraction of sp³-hybridized carbons (Fsp3) is 0.231. The second kappa shape index (κ2) is 5.53. The summed E-state index contributed by atoms with van der Waals surface area (Å²) in [5.74, 6) is 5.49. The van der Waals surface area contributed by atoms with Gasteiger partial charge in [-0.1, -0.05) is 12.1 Å². The van der Waals surface area contributed by atoms with E-state index in [9.17, 15) is 4.79 Å². The first-order valence-electron chi connectivity index (χ1n) is 5.96. The third kappa shape index (κ3) is 2.43. The fourth-order valence-corrected chi connectivity index (χ4v) is 1.86. The standard InChI is InChI=1S/C13H16N4O2/c1-3-19-12-7-5-4-6-11(12)17-9(2)10(8-15-17)13(18)16-14/h4-8H,3,14H2,1-2H3,(H,16,18). The number of nitrogens with zero attached hydrogens (tertiary/aromatic N) is 2. The van der Waals surface area contributed by atoms with Gasteiger partial charge in [0.25, 0.3) is 5.91 Å². The Morgan fingerprint density at radius 1 is 1.47 bits per heavy atom. The van der Waals surface area contributed by atoms with Crippen LogP contribution < -0.4 is 16.0 Å². The maximum atomic E-state index is 11.6. The molecule has 0 bridgehead atoms. The lowest BCUT2D eigenvalue weighted by atomic mass is 10.2. The maximum absolute atomic E-state index is 11.6. The third-order valence-corrected chi connectivity index (χ3v) is 2.78. The van der Waals surface area contributed by atoms with E-state index in [1.54, 1.807) is 11.6 Å². The number of benzene rings is 1. The first-order valence-corrected chi connectivity index (χ1v) is 5.96. The highest BCUT2D eigenvalue weighted by atomic mass is 16.5. The van der Waals surface area contributed by atoms with Crippen LogP contribution in [-0.2, 0) is 0 Å². The van der Waals surface area contributed by atoms with Crippen molar-refractivity contribution in [3.8, 4) is 11.4 Å². The molecular formula is C13H16N4O2. The Balaban J connectivity index is 2.48. The minimum absolute atomic E-state index is 0.363. The SMILES string of the molecule is CCOc1ccccc1-n1ncc(C(=O)NN)c1C. The molecule has 3 N–H and O–H groups in total. The molecule has 1 aromatic heterocycles. The smallest absolute Gasteiger partial charge is 0.268 e. The normalized spacial score (nSPS) is 10.3. The molecule has 0 fully saturated rings. The number of hydrogen-bond acceptors (Lipinski definition) is 4. The van der Waals surface area contributed by atoms with Gasteiger partial charge in [-0.25, -0.2) is 10.5 Å². The average Bonchev–Trinajstić information content (AvgIpc) is 2.81. The van der Waals surface area contributed by atoms with Crippen molar-refractivity contribution < 1.29 is 9.53 Å². The summed E-state index contributed by atoms with van der Waals surface area (Å²) in [5.41, 5.74) is 4.04. The summed E-state index contributed by atoms with van der Waals surface area (Å²) < 4.78 is 7.22. The van der Waals surface area contributed by atoms with E-state index in [0.29, 0.717) is 17.9 Å². The molecule has 2 aromatic rings. The van der Waals surface area contributed by atoms with Crippen LogP contribution in [0.5, 0.6) is 5.75 Å². The Labute approximate surface area is 111 Å². The molecule has 0 saturated carbocycles. The van der Waals surface area contributed by atoms with Gasteiger partial charge in [0.1, 0.15) is 11.4 Å². The second-order valence-corrected chi connectivity index (χ2v) is 3.93. The van der Waals surface area contributed by atoms with E-state index in [4.69, 9.17) is 10.6 Å². The van der Waals surface area contributed by atoms with Crippen LogP contribution in [0, 0.1) is 6.92 Å². The first-order chi connectivity index (χ1) is 9.19. The zero-order chi connectivity index (χ0) is 13.8. The molecule has 0 saturated heterocycles. The molecule has 0 radical (unpaired) electrons. The van der Waals surface area contributed by atoms with Gasteiger partial charge in [-0.3, -0.25) is 10.2 Å². The summed E-state index contributed by atoms with van der Waals surface area (Å²) in [6.07, 6.45) is 1.49. The van der Waals surface area contributed by atoms with Gasteiger partial charge in [0.2, 0.25) is 0 Å². The molecule has 1 aromatic carbocycles. The van der Waals surface area contributed by atoms with Crippen LogP contribution >= 0.6 is 0 Å². The van der Waals surface area contributed by atoms with E-state index in [-0.39, 0.29) is 5.91 Å². The van der Waals surface area contributed by atoms with E-state index in [1.807, 2.05) is 31.2 Å². The van der Waals surface area contributed by atoms with Crippen LogP contribution in [0.2, 0.25) is 0 Å². The van der Waals surface area contributed by atoms with Crippen molar-refractivity contribution in [3.05, 3.63) is 41.7 Å². The second-order valence-electron chi connectivity index (χ2n) is 3.93. The number of nitrogens with one attached hydrogen (secondary N) is 1. The van der Waals surface area contributed by atoms with E-state index in [2.05, 4.69) is 10.5 Å². The Morgan fingerprint density at radius 3 is 2.89 bits per heavy atom. The molecule has 1 heterocycles. The zero-order valence-corrected chi connectivity index (χ0v) is 10.9. The van der Waals surface area contributed by atoms with Crippen molar-refractivity contribution in [1.29, 1.82) is 0 Å². The van der Waals surface area contributed by atoms with E-state index >= 15 is 0 Å². The van der Waals surface area contributed by atoms with Gasteiger partial charge in [0.15, 0.2) is 0 Å². The highest BCUT2D eigenvalue weighted by molar-refractivity contribution is 5.94. The molecule has 100 valence electrons. The molecule has 1 amide bonds. The third-order valence-electron chi connectivity index (χ3n) is 2.78. The summed E-state index contributed by atoms with van der Waals surface area (Å²) in [6.45, 7) is 4.29. The molecular weight excluding hydrogens is 244 g/mol. The molecule has 6 nitrogen and oxygen atoms in total. The number of para-hydroxylation sites is 2. The quantitative estimate of drug-likeness (QED) is 0.491. The predicted octanol–water partition coefficient (Wildman–Crippen LogP) is 1.18. The van der Waals surface area contributed by atoms with Crippen molar-refractivity contribution in [3.63, 3.8) is 0 Å². The van der Waals surface area contributed by atoms with Crippen LogP contribution in [0.25, 0.3) is 5.69 Å². The van der Waals surface area contributed by atoms with Gasteiger partial charge in [-0.2, -0.15) is 5.10 Å². The van der Waals surface area contributed by atoms with E-state index in [0.717, 1.165) is 11.4 Å². The summed E-state index contributed by atoms with van der Waals surface area (Å²) in [4.78, 5) is 11.6. The number of nitrogen functional groups attached to an aromatic ring is 1. The van der Waals surface area contributed by atoms with Crippen LogP contribution in [0.1, 0.15) is 23.0 Å². The van der Waals surface area contributed by atoms with Crippen molar-refractivity contribution in [2.75, 3.05) is 6.61 Å². The number of amides is 1. The minimum Gasteiger partial charge on any atom is -0.492 e. The number of hydrogen-bond donors (Lipinski definition) is 2. The van der Waals surface area contributed by atoms with Crippen molar-refractivity contribution in [1.82, 2.24) is 15.2 Å². The summed E-state index contributed by atoms with van der Waals surface area (Å²) >= 11 is 0. The lowest BCUT2D eigenvalue weighted by Crippen LogP contribution is -2.30. The minimum atomic E-state index is -0.363. The van der Waals surface area contributed by atoms with Gasteiger partial charge < -0.3 is 4.74 Å². The Kier molecular flexibility index (Phi) is 3.82. The van der Waals surface area contributed by atoms with E-state index < -0.39 is 0 Å². The molecule has 0 spiro atoms. The molecule has 6 heteroatoms. The lowest BCUT2D eigenvalue weighted by molar-refractivity contribution is 0.0953. The van der Waals surface area contributed by atoms with Gasteiger partial charge >= 0.3 is 0 Å². The van der Waals surface area contributed by atoms with Gasteiger partial charge in [0, 0.05) is 0 Å². The summed E-state index contributed by atoms with van der Waals surface area (Å²) in [7, 11) is 0. The van der Waals surface area contributed by atoms with Gasteiger partial charge in [-0.15, -0.1) is 0 Å². The highest BCUT2D eigenvalue weighted by Crippen LogP contribution is 2.24. The number of nitrogens with two attached hydrogens (primary N) is 1. The van der Waals surface area contributed by atoms with Crippen molar-refractivity contribution in [2.24, 2.45) is 5.84 Å². The largest absolute Gasteiger partial charge is 0.492 e. The first kappa shape index (κ1) is 13.1. The number of ether oxygens (including phenoxy) is 1. The van der Waals surface area contributed by atoms with Crippen LogP contribution in [0.3, 0.4) is 0 Å². The molecule has 0 aliphatic rings. The Hall–Kier alpha value is -2.34. The molecule has 19 heavy (non-hydrogen) atoms. The predicted molar refractivity (Wildman–Crippen MR) is 71.1 cm³/mol. The molecule has 2 rings (SSSR count). The van der Waals surface area contributed by atoms with Crippen molar-refractivity contribution >= 4 is 5.91 Å². The lowest BCUT2D eigenvalue weighted by Gasteiger charge is -2.11. The number of rotatable bonds is 4. The number of aromatic nitrogens is 2. The molecule has 0 aliphatic carbocycles. The van der Waals surface area contributed by atoms with Gasteiger partial charge in [-0.05, 0) is 26.0 Å². The van der Waals surface area contributed by atoms with Gasteiger partial charge in [0.05, 0.1) is 24.1 Å². The Morgan fingerprint density at radius 2 is 2.21 bits per heavy atom. The molecule has 0 aliphatic heterocycles. The number of carbonyl (C=O) groups excluding carboxylic acids is 1.